The average Bonchev–Trinajstić information content (AvgIpc) is 2.67. The summed E-state index contributed by atoms with van der Waals surface area (Å²) in [6.45, 7) is 7.23. The number of hydrogen-bond acceptors (Lipinski definition) is 3. The molecule has 0 spiro atoms. The third-order valence-corrected chi connectivity index (χ3v) is 7.40. The standard InChI is InChI=1S/C23H29NO4S/c1-23(2,3)20-9-11-21(12-10-20)29(27,28)24-13-5-8-19(16-24)18-7-4-6-17(14-18)15-22(25)26/h4,6-7,9-12,14,19H,5,8,13,15-16H2,1-3H3,(H,25,26). The maximum atomic E-state index is 13.2. The van der Waals surface area contributed by atoms with Crippen molar-refractivity contribution in [3.63, 3.8) is 0 Å². The Bertz CT molecular complexity index is 975. The molecule has 5 nitrogen and oxygen atoms in total. The van der Waals surface area contributed by atoms with Crippen LogP contribution in [0.25, 0.3) is 0 Å². The van der Waals surface area contributed by atoms with Gasteiger partial charge in [-0.25, -0.2) is 8.42 Å². The molecule has 1 atom stereocenters. The normalized spacial score (nSPS) is 18.5. The highest BCUT2D eigenvalue weighted by Gasteiger charge is 2.31. The van der Waals surface area contributed by atoms with E-state index in [1.807, 2.05) is 30.3 Å². The zero-order valence-corrected chi connectivity index (χ0v) is 18.1. The van der Waals surface area contributed by atoms with Crippen molar-refractivity contribution < 1.29 is 18.3 Å². The number of sulfonamides is 1. The minimum atomic E-state index is -3.56. The predicted octanol–water partition coefficient (Wildman–Crippen LogP) is 4.18. The summed E-state index contributed by atoms with van der Waals surface area (Å²) >= 11 is 0. The van der Waals surface area contributed by atoms with E-state index in [-0.39, 0.29) is 17.8 Å². The van der Waals surface area contributed by atoms with Gasteiger partial charge in [-0.3, -0.25) is 4.79 Å². The maximum absolute atomic E-state index is 13.2. The Balaban J connectivity index is 1.80. The lowest BCUT2D eigenvalue weighted by Gasteiger charge is -2.32. The van der Waals surface area contributed by atoms with Gasteiger partial charge in [0.2, 0.25) is 10.0 Å². The zero-order valence-electron chi connectivity index (χ0n) is 17.3. The molecule has 1 aliphatic heterocycles. The molecule has 29 heavy (non-hydrogen) atoms. The second-order valence-corrected chi connectivity index (χ2v) is 10.7. The third-order valence-electron chi connectivity index (χ3n) is 5.52. The second-order valence-electron chi connectivity index (χ2n) is 8.79. The summed E-state index contributed by atoms with van der Waals surface area (Å²) in [7, 11) is -3.56. The second kappa shape index (κ2) is 8.28. The molecule has 0 bridgehead atoms. The van der Waals surface area contributed by atoms with Crippen LogP contribution < -0.4 is 0 Å². The summed E-state index contributed by atoms with van der Waals surface area (Å²) in [4.78, 5) is 11.3. The first-order valence-electron chi connectivity index (χ1n) is 9.99. The summed E-state index contributed by atoms with van der Waals surface area (Å²) < 4.78 is 27.9. The molecular weight excluding hydrogens is 386 g/mol. The van der Waals surface area contributed by atoms with E-state index in [9.17, 15) is 13.2 Å². The minimum Gasteiger partial charge on any atom is -0.481 e. The number of hydrogen-bond donors (Lipinski definition) is 1. The van der Waals surface area contributed by atoms with Crippen LogP contribution in [0, 0.1) is 0 Å². The van der Waals surface area contributed by atoms with Gasteiger partial charge < -0.3 is 5.11 Å². The van der Waals surface area contributed by atoms with E-state index >= 15 is 0 Å². The van der Waals surface area contributed by atoms with Crippen LogP contribution in [0.15, 0.2) is 53.4 Å². The quantitative estimate of drug-likeness (QED) is 0.795. The molecule has 6 heteroatoms. The SMILES string of the molecule is CC(C)(C)c1ccc(S(=O)(=O)N2CCCC(c3cccc(CC(=O)O)c3)C2)cc1. The summed E-state index contributed by atoms with van der Waals surface area (Å²) in [5.41, 5.74) is 2.82. The topological polar surface area (TPSA) is 74.7 Å². The van der Waals surface area contributed by atoms with E-state index < -0.39 is 16.0 Å². The van der Waals surface area contributed by atoms with Gasteiger partial charge in [0.1, 0.15) is 0 Å². The molecule has 0 aromatic heterocycles. The van der Waals surface area contributed by atoms with Crippen LogP contribution in [-0.2, 0) is 26.7 Å². The minimum absolute atomic E-state index is 0.0251. The van der Waals surface area contributed by atoms with Gasteiger partial charge in [0, 0.05) is 13.1 Å². The van der Waals surface area contributed by atoms with E-state index in [2.05, 4.69) is 20.8 Å². The van der Waals surface area contributed by atoms with Crippen molar-refractivity contribution >= 4 is 16.0 Å². The van der Waals surface area contributed by atoms with E-state index in [1.165, 1.54) is 0 Å². The monoisotopic (exact) mass is 415 g/mol. The van der Waals surface area contributed by atoms with Crippen LogP contribution >= 0.6 is 0 Å². The van der Waals surface area contributed by atoms with Gasteiger partial charge in [0.15, 0.2) is 0 Å². The highest BCUT2D eigenvalue weighted by atomic mass is 32.2. The number of carbonyl (C=O) groups is 1. The van der Waals surface area contributed by atoms with Gasteiger partial charge in [-0.05, 0) is 53.0 Å². The van der Waals surface area contributed by atoms with E-state index in [4.69, 9.17) is 5.11 Å². The summed E-state index contributed by atoms with van der Waals surface area (Å²) in [6, 6.07) is 14.7. The number of nitrogens with zero attached hydrogens (tertiary/aromatic N) is 1. The Morgan fingerprint density at radius 2 is 1.83 bits per heavy atom. The highest BCUT2D eigenvalue weighted by molar-refractivity contribution is 7.89. The number of carboxylic acids is 1. The first-order chi connectivity index (χ1) is 13.6. The summed E-state index contributed by atoms with van der Waals surface area (Å²) in [5.74, 6) is -0.796. The van der Waals surface area contributed by atoms with Gasteiger partial charge in [-0.15, -0.1) is 0 Å². The first-order valence-corrected chi connectivity index (χ1v) is 11.4. The molecule has 1 unspecified atom stereocenters. The number of rotatable bonds is 5. The van der Waals surface area contributed by atoms with Gasteiger partial charge in [0.25, 0.3) is 0 Å². The van der Waals surface area contributed by atoms with Crippen LogP contribution in [0.5, 0.6) is 0 Å². The van der Waals surface area contributed by atoms with Gasteiger partial charge >= 0.3 is 5.97 Å². The number of benzene rings is 2. The third kappa shape index (κ3) is 5.06. The Morgan fingerprint density at radius 1 is 1.14 bits per heavy atom. The average molecular weight is 416 g/mol. The molecule has 3 rings (SSSR count). The Labute approximate surface area is 173 Å². The molecule has 1 N–H and O–H groups in total. The largest absolute Gasteiger partial charge is 0.481 e. The van der Waals surface area contributed by atoms with Crippen LogP contribution in [0.4, 0.5) is 0 Å². The van der Waals surface area contributed by atoms with Gasteiger partial charge in [0.05, 0.1) is 11.3 Å². The molecule has 1 aliphatic rings. The fourth-order valence-corrected chi connectivity index (χ4v) is 5.36. The predicted molar refractivity (Wildman–Crippen MR) is 114 cm³/mol. The van der Waals surface area contributed by atoms with Crippen LogP contribution in [-0.4, -0.2) is 36.9 Å². The van der Waals surface area contributed by atoms with Crippen molar-refractivity contribution in [3.8, 4) is 0 Å². The summed E-state index contributed by atoms with van der Waals surface area (Å²) in [5, 5.41) is 9.03. The molecular formula is C23H29NO4S. The lowest BCUT2D eigenvalue weighted by atomic mass is 9.87. The molecule has 0 aliphatic carbocycles. The van der Waals surface area contributed by atoms with E-state index in [0.717, 1.165) is 29.5 Å². The molecule has 2 aromatic rings. The van der Waals surface area contributed by atoms with Crippen molar-refractivity contribution in [2.45, 2.75) is 56.3 Å². The molecule has 2 aromatic carbocycles. The van der Waals surface area contributed by atoms with Crippen LogP contribution in [0.2, 0.25) is 0 Å². The van der Waals surface area contributed by atoms with Crippen molar-refractivity contribution in [2.24, 2.45) is 0 Å². The smallest absolute Gasteiger partial charge is 0.307 e. The number of aliphatic carboxylic acids is 1. The fraction of sp³-hybridized carbons (Fsp3) is 0.435. The molecule has 1 fully saturated rings. The zero-order chi connectivity index (χ0) is 21.2. The Hall–Kier alpha value is -2.18. The Morgan fingerprint density at radius 3 is 2.45 bits per heavy atom. The van der Waals surface area contributed by atoms with Crippen LogP contribution in [0.1, 0.15) is 56.2 Å². The summed E-state index contributed by atoms with van der Waals surface area (Å²) in [6.07, 6.45) is 1.65. The molecule has 0 saturated carbocycles. The van der Waals surface area contributed by atoms with Crippen LogP contribution in [0.3, 0.4) is 0 Å². The van der Waals surface area contributed by atoms with E-state index in [1.54, 1.807) is 22.5 Å². The van der Waals surface area contributed by atoms with Crippen molar-refractivity contribution in [3.05, 3.63) is 65.2 Å². The maximum Gasteiger partial charge on any atom is 0.307 e. The van der Waals surface area contributed by atoms with Crippen molar-refractivity contribution in [2.75, 3.05) is 13.1 Å². The Kier molecular flexibility index (Phi) is 6.15. The fourth-order valence-electron chi connectivity index (χ4n) is 3.84. The van der Waals surface area contributed by atoms with Gasteiger partial charge in [-0.1, -0.05) is 57.2 Å². The molecule has 156 valence electrons. The lowest BCUT2D eigenvalue weighted by molar-refractivity contribution is -0.136. The first kappa shape index (κ1) is 21.5. The number of piperidine rings is 1. The van der Waals surface area contributed by atoms with Gasteiger partial charge in [-0.2, -0.15) is 4.31 Å². The highest BCUT2D eigenvalue weighted by Crippen LogP contribution is 2.31. The lowest BCUT2D eigenvalue weighted by Crippen LogP contribution is -2.39. The molecule has 0 amide bonds. The van der Waals surface area contributed by atoms with Crippen molar-refractivity contribution in [1.29, 1.82) is 0 Å². The van der Waals surface area contributed by atoms with E-state index in [0.29, 0.717) is 18.0 Å². The van der Waals surface area contributed by atoms with Crippen molar-refractivity contribution in [1.82, 2.24) is 4.31 Å². The molecule has 1 saturated heterocycles. The molecule has 0 radical (unpaired) electrons. The molecule has 1 heterocycles. The number of carboxylic acid groups (broad SMARTS) is 1.